The molecule has 0 fully saturated rings. The number of benzene rings is 2. The number of aromatic nitrogens is 2. The van der Waals surface area contributed by atoms with Crippen LogP contribution in [0.25, 0.3) is 22.8 Å². The first kappa shape index (κ1) is 25.3. The van der Waals surface area contributed by atoms with Crippen LogP contribution in [0, 0.1) is 11.3 Å². The predicted molar refractivity (Wildman–Crippen MR) is 132 cm³/mol. The number of fused-ring (bicyclic) bond motifs is 1. The van der Waals surface area contributed by atoms with Crippen LogP contribution in [0.5, 0.6) is 5.75 Å². The number of nitriles is 1. The Morgan fingerprint density at radius 3 is 2.78 bits per heavy atom. The summed E-state index contributed by atoms with van der Waals surface area (Å²) in [5.74, 6) is 0.0161. The summed E-state index contributed by atoms with van der Waals surface area (Å²) in [6.07, 6.45) is 1.10. The Kier molecular flexibility index (Phi) is 7.10. The fourth-order valence-corrected chi connectivity index (χ4v) is 5.44. The first-order valence-corrected chi connectivity index (χ1v) is 13.1. The molecule has 0 spiro atoms. The molecule has 1 heterocycles. The second kappa shape index (κ2) is 10.1. The standard InChI is InChI=1S/C25H27N5O5S/c1-15(2)34-22-11-8-16(12-17(22)13-26)25-27-24(28-35-25)20-7-5-6-19-18(20)9-10-21(19)29-36(32,33)14-23(31)30(3)4/h5-8,11-12,15,21,29H,9-10,14H2,1-4H3/t21-/m0/s1. The van der Waals surface area contributed by atoms with Crippen LogP contribution in [0.1, 0.15) is 43.0 Å². The van der Waals surface area contributed by atoms with Gasteiger partial charge in [-0.05, 0) is 56.0 Å². The number of sulfonamides is 1. The van der Waals surface area contributed by atoms with Crippen LogP contribution in [-0.2, 0) is 21.2 Å². The van der Waals surface area contributed by atoms with Crippen molar-refractivity contribution in [2.24, 2.45) is 0 Å². The number of ether oxygens (including phenoxy) is 1. The maximum Gasteiger partial charge on any atom is 0.258 e. The van der Waals surface area contributed by atoms with E-state index < -0.39 is 27.7 Å². The molecule has 0 saturated carbocycles. The van der Waals surface area contributed by atoms with Gasteiger partial charge < -0.3 is 14.2 Å². The maximum absolute atomic E-state index is 12.5. The zero-order valence-corrected chi connectivity index (χ0v) is 21.3. The van der Waals surface area contributed by atoms with Crippen LogP contribution in [0.2, 0.25) is 0 Å². The van der Waals surface area contributed by atoms with Gasteiger partial charge in [0.05, 0.1) is 11.7 Å². The fourth-order valence-electron chi connectivity index (χ4n) is 4.09. The third-order valence-corrected chi connectivity index (χ3v) is 7.05. The van der Waals surface area contributed by atoms with E-state index in [9.17, 15) is 18.5 Å². The number of hydrogen-bond donors (Lipinski definition) is 1. The van der Waals surface area contributed by atoms with E-state index in [0.717, 1.165) is 16.7 Å². The summed E-state index contributed by atoms with van der Waals surface area (Å²) >= 11 is 0. The summed E-state index contributed by atoms with van der Waals surface area (Å²) < 4.78 is 38.9. The van der Waals surface area contributed by atoms with E-state index in [2.05, 4.69) is 20.9 Å². The van der Waals surface area contributed by atoms with Crippen molar-refractivity contribution in [3.8, 4) is 34.7 Å². The fraction of sp³-hybridized carbons (Fsp3) is 0.360. The first-order chi connectivity index (χ1) is 17.1. The van der Waals surface area contributed by atoms with E-state index in [-0.39, 0.29) is 12.0 Å². The minimum Gasteiger partial charge on any atom is -0.490 e. The lowest BCUT2D eigenvalue weighted by Crippen LogP contribution is -2.37. The zero-order chi connectivity index (χ0) is 26.0. The molecule has 0 bridgehead atoms. The molecule has 1 aliphatic carbocycles. The van der Waals surface area contributed by atoms with Crippen LogP contribution in [0.15, 0.2) is 40.9 Å². The lowest BCUT2D eigenvalue weighted by Gasteiger charge is -2.16. The van der Waals surface area contributed by atoms with Gasteiger partial charge in [0.15, 0.2) is 0 Å². The highest BCUT2D eigenvalue weighted by Gasteiger charge is 2.30. The Morgan fingerprint density at radius 2 is 2.08 bits per heavy atom. The van der Waals surface area contributed by atoms with Gasteiger partial charge in [-0.2, -0.15) is 10.2 Å². The van der Waals surface area contributed by atoms with Gasteiger partial charge in [-0.3, -0.25) is 4.79 Å². The summed E-state index contributed by atoms with van der Waals surface area (Å²) in [7, 11) is -0.773. The summed E-state index contributed by atoms with van der Waals surface area (Å²) in [5, 5.41) is 13.6. The van der Waals surface area contributed by atoms with Crippen molar-refractivity contribution in [1.29, 1.82) is 5.26 Å². The number of rotatable bonds is 8. The van der Waals surface area contributed by atoms with Crippen molar-refractivity contribution < 1.29 is 22.5 Å². The normalized spacial score (nSPS) is 14.9. The number of carbonyl (C=O) groups excluding carboxylic acids is 1. The average Bonchev–Trinajstić information content (AvgIpc) is 3.46. The van der Waals surface area contributed by atoms with Crippen molar-refractivity contribution in [2.75, 3.05) is 19.8 Å². The molecule has 1 N–H and O–H groups in total. The Balaban J connectivity index is 1.59. The third kappa shape index (κ3) is 5.40. The molecule has 1 aromatic heterocycles. The average molecular weight is 510 g/mol. The Bertz CT molecular complexity index is 1440. The smallest absolute Gasteiger partial charge is 0.258 e. The van der Waals surface area contributed by atoms with Crippen molar-refractivity contribution in [3.63, 3.8) is 0 Å². The van der Waals surface area contributed by atoms with E-state index in [1.54, 1.807) is 18.2 Å². The highest BCUT2D eigenvalue weighted by molar-refractivity contribution is 7.90. The number of carbonyl (C=O) groups is 1. The van der Waals surface area contributed by atoms with Crippen LogP contribution in [-0.4, -0.2) is 55.3 Å². The summed E-state index contributed by atoms with van der Waals surface area (Å²) in [6.45, 7) is 3.77. The van der Waals surface area contributed by atoms with Crippen LogP contribution < -0.4 is 9.46 Å². The first-order valence-electron chi connectivity index (χ1n) is 11.4. The van der Waals surface area contributed by atoms with Crippen molar-refractivity contribution in [2.45, 2.75) is 38.8 Å². The molecule has 36 heavy (non-hydrogen) atoms. The van der Waals surface area contributed by atoms with E-state index in [1.165, 1.54) is 19.0 Å². The largest absolute Gasteiger partial charge is 0.490 e. The van der Waals surface area contributed by atoms with E-state index in [0.29, 0.717) is 35.5 Å². The zero-order valence-electron chi connectivity index (χ0n) is 20.5. The molecule has 0 saturated heterocycles. The molecule has 3 aromatic rings. The molecular formula is C25H27N5O5S. The van der Waals surface area contributed by atoms with Crippen LogP contribution >= 0.6 is 0 Å². The lowest BCUT2D eigenvalue weighted by molar-refractivity contribution is -0.125. The van der Waals surface area contributed by atoms with E-state index in [4.69, 9.17) is 9.26 Å². The van der Waals surface area contributed by atoms with E-state index >= 15 is 0 Å². The Labute approximate surface area is 209 Å². The van der Waals surface area contributed by atoms with Gasteiger partial charge in [0.2, 0.25) is 21.8 Å². The second-order valence-electron chi connectivity index (χ2n) is 9.04. The Hall–Kier alpha value is -3.75. The molecular weight excluding hydrogens is 482 g/mol. The SMILES string of the molecule is CC(C)Oc1ccc(-c2nc(-c3cccc4c3CC[C@@H]4NS(=O)(=O)CC(=O)N(C)C)no2)cc1C#N. The van der Waals surface area contributed by atoms with Gasteiger partial charge in [0, 0.05) is 31.3 Å². The third-order valence-electron chi connectivity index (χ3n) is 5.78. The van der Waals surface area contributed by atoms with Gasteiger partial charge in [-0.15, -0.1) is 0 Å². The van der Waals surface area contributed by atoms with Gasteiger partial charge in [0.1, 0.15) is 17.6 Å². The molecule has 2 aromatic carbocycles. The molecule has 0 aliphatic heterocycles. The minimum absolute atomic E-state index is 0.0695. The number of nitrogens with one attached hydrogen (secondary N) is 1. The van der Waals surface area contributed by atoms with E-state index in [1.807, 2.05) is 32.0 Å². The molecule has 10 nitrogen and oxygen atoms in total. The predicted octanol–water partition coefficient (Wildman–Crippen LogP) is 3.06. The summed E-state index contributed by atoms with van der Waals surface area (Å²) in [6, 6.07) is 12.3. The molecule has 188 valence electrons. The number of nitrogens with zero attached hydrogens (tertiary/aromatic N) is 4. The highest BCUT2D eigenvalue weighted by Crippen LogP contribution is 2.38. The van der Waals surface area contributed by atoms with Crippen molar-refractivity contribution >= 4 is 15.9 Å². The van der Waals surface area contributed by atoms with Crippen LogP contribution in [0.4, 0.5) is 0 Å². The van der Waals surface area contributed by atoms with Crippen molar-refractivity contribution in [3.05, 3.63) is 53.1 Å². The molecule has 0 unspecified atom stereocenters. The van der Waals surface area contributed by atoms with Gasteiger partial charge in [-0.25, -0.2) is 13.1 Å². The molecule has 0 radical (unpaired) electrons. The molecule has 1 atom stereocenters. The van der Waals surface area contributed by atoms with Crippen molar-refractivity contribution in [1.82, 2.24) is 19.8 Å². The number of amides is 1. The molecule has 1 aliphatic rings. The topological polar surface area (TPSA) is 138 Å². The number of hydrogen-bond acceptors (Lipinski definition) is 8. The highest BCUT2D eigenvalue weighted by atomic mass is 32.2. The molecule has 11 heteroatoms. The van der Waals surface area contributed by atoms with Gasteiger partial charge in [0.25, 0.3) is 5.89 Å². The summed E-state index contributed by atoms with van der Waals surface area (Å²) in [5.41, 5.74) is 3.44. The minimum atomic E-state index is -3.81. The second-order valence-corrected chi connectivity index (χ2v) is 10.8. The Morgan fingerprint density at radius 1 is 1.31 bits per heavy atom. The molecule has 1 amide bonds. The summed E-state index contributed by atoms with van der Waals surface area (Å²) in [4.78, 5) is 17.7. The monoisotopic (exact) mass is 509 g/mol. The quantitative estimate of drug-likeness (QED) is 0.489. The van der Waals surface area contributed by atoms with Crippen LogP contribution in [0.3, 0.4) is 0 Å². The van der Waals surface area contributed by atoms with Gasteiger partial charge >= 0.3 is 0 Å². The van der Waals surface area contributed by atoms with Gasteiger partial charge in [-0.1, -0.05) is 23.4 Å². The lowest BCUT2D eigenvalue weighted by atomic mass is 10.0. The molecule has 4 rings (SSSR count). The maximum atomic E-state index is 12.5.